The number of nitrogens with zero attached hydrogens (tertiary/aromatic N) is 2. The number of carboxylic acid groups (broad SMARTS) is 1. The summed E-state index contributed by atoms with van der Waals surface area (Å²) in [6, 6.07) is 6.93. The molecule has 0 fully saturated rings. The standard InChI is InChI=1S/C26H27FN2O5S/c1-15-7-8-18(11-20(15)27)35(33,34)25-17(6-5-9-28-25)10-19-16(2)29(14-23(31)32)21-12-26(3,4)13-22(30)24(19)21/h5-9,11H,10,12-14H2,1-4H3,(H,31,32). The van der Waals surface area contributed by atoms with Crippen molar-refractivity contribution in [3.63, 3.8) is 0 Å². The third kappa shape index (κ3) is 4.52. The number of sulfone groups is 1. The molecule has 0 spiro atoms. The summed E-state index contributed by atoms with van der Waals surface area (Å²) in [5.74, 6) is -1.75. The maximum absolute atomic E-state index is 14.2. The van der Waals surface area contributed by atoms with Gasteiger partial charge in [-0.15, -0.1) is 0 Å². The van der Waals surface area contributed by atoms with Gasteiger partial charge in [0.25, 0.3) is 0 Å². The summed E-state index contributed by atoms with van der Waals surface area (Å²) >= 11 is 0. The molecular weight excluding hydrogens is 471 g/mol. The predicted octanol–water partition coefficient (Wildman–Crippen LogP) is 4.30. The van der Waals surface area contributed by atoms with E-state index in [0.717, 1.165) is 6.07 Å². The number of carboxylic acids is 1. The Labute approximate surface area is 203 Å². The van der Waals surface area contributed by atoms with E-state index >= 15 is 0 Å². The Morgan fingerprint density at radius 1 is 1.20 bits per heavy atom. The molecule has 1 aliphatic carbocycles. The zero-order valence-electron chi connectivity index (χ0n) is 20.1. The molecule has 1 aromatic carbocycles. The van der Waals surface area contributed by atoms with Crippen molar-refractivity contribution >= 4 is 21.6 Å². The van der Waals surface area contributed by atoms with Crippen LogP contribution in [0.15, 0.2) is 46.5 Å². The van der Waals surface area contributed by atoms with Crippen LogP contribution in [0.3, 0.4) is 0 Å². The fraction of sp³-hybridized carbons (Fsp3) is 0.346. The van der Waals surface area contributed by atoms with Gasteiger partial charge in [-0.1, -0.05) is 26.0 Å². The van der Waals surface area contributed by atoms with Gasteiger partial charge in [0.1, 0.15) is 12.4 Å². The molecule has 2 heterocycles. The van der Waals surface area contributed by atoms with E-state index in [-0.39, 0.29) is 34.1 Å². The second kappa shape index (κ2) is 8.71. The van der Waals surface area contributed by atoms with Crippen LogP contribution >= 0.6 is 0 Å². The number of hydrogen-bond acceptors (Lipinski definition) is 5. The van der Waals surface area contributed by atoms with Gasteiger partial charge in [0.2, 0.25) is 9.84 Å². The molecule has 35 heavy (non-hydrogen) atoms. The van der Waals surface area contributed by atoms with E-state index in [1.165, 1.54) is 18.3 Å². The number of aryl methyl sites for hydroxylation is 1. The molecule has 7 nitrogen and oxygen atoms in total. The highest BCUT2D eigenvalue weighted by atomic mass is 32.2. The van der Waals surface area contributed by atoms with Gasteiger partial charge in [-0.2, -0.15) is 0 Å². The van der Waals surface area contributed by atoms with Gasteiger partial charge in [-0.3, -0.25) is 9.59 Å². The van der Waals surface area contributed by atoms with Crippen molar-refractivity contribution in [3.8, 4) is 0 Å². The van der Waals surface area contributed by atoms with Gasteiger partial charge < -0.3 is 9.67 Å². The molecule has 3 aromatic rings. The second-order valence-corrected chi connectivity index (χ2v) is 11.7. The monoisotopic (exact) mass is 498 g/mol. The van der Waals surface area contributed by atoms with Crippen molar-refractivity contribution < 1.29 is 27.5 Å². The summed E-state index contributed by atoms with van der Waals surface area (Å²) in [5, 5.41) is 9.26. The third-order valence-corrected chi connectivity index (χ3v) is 8.29. The van der Waals surface area contributed by atoms with Gasteiger partial charge in [-0.05, 0) is 60.6 Å². The van der Waals surface area contributed by atoms with E-state index in [2.05, 4.69) is 4.98 Å². The topological polar surface area (TPSA) is 106 Å². The fourth-order valence-electron chi connectivity index (χ4n) is 4.82. The number of carbonyl (C=O) groups is 2. The lowest BCUT2D eigenvalue weighted by Gasteiger charge is -2.30. The number of benzene rings is 1. The number of pyridine rings is 1. The molecule has 0 amide bonds. The number of Topliss-reactive ketones (excluding diaryl/α,β-unsaturated/α-hetero) is 1. The minimum Gasteiger partial charge on any atom is -0.480 e. The molecule has 0 unspecified atom stereocenters. The van der Waals surface area contributed by atoms with Crippen LogP contribution in [0, 0.1) is 25.1 Å². The summed E-state index contributed by atoms with van der Waals surface area (Å²) in [5.41, 5.74) is 2.70. The highest BCUT2D eigenvalue weighted by Gasteiger charge is 2.37. The summed E-state index contributed by atoms with van der Waals surface area (Å²) in [7, 11) is -4.14. The fourth-order valence-corrected chi connectivity index (χ4v) is 6.23. The lowest BCUT2D eigenvalue weighted by molar-refractivity contribution is -0.137. The summed E-state index contributed by atoms with van der Waals surface area (Å²) in [6.07, 6.45) is 2.27. The van der Waals surface area contributed by atoms with E-state index in [1.54, 1.807) is 30.5 Å². The minimum atomic E-state index is -4.14. The zero-order valence-corrected chi connectivity index (χ0v) is 20.9. The molecule has 1 N–H and O–H groups in total. The molecule has 0 radical (unpaired) electrons. The average Bonchev–Trinajstić information content (AvgIpc) is 3.00. The van der Waals surface area contributed by atoms with Crippen molar-refractivity contribution in [1.82, 2.24) is 9.55 Å². The lowest BCUT2D eigenvalue weighted by atomic mass is 9.75. The highest BCUT2D eigenvalue weighted by Crippen LogP contribution is 2.40. The zero-order chi connectivity index (χ0) is 25.7. The van der Waals surface area contributed by atoms with E-state index in [4.69, 9.17) is 0 Å². The van der Waals surface area contributed by atoms with Crippen LogP contribution < -0.4 is 0 Å². The smallest absolute Gasteiger partial charge is 0.323 e. The van der Waals surface area contributed by atoms with Gasteiger partial charge in [-0.25, -0.2) is 17.8 Å². The minimum absolute atomic E-state index is 0.0731. The van der Waals surface area contributed by atoms with Crippen LogP contribution in [0.2, 0.25) is 0 Å². The van der Waals surface area contributed by atoms with Crippen molar-refractivity contribution in [1.29, 1.82) is 0 Å². The molecule has 1 aliphatic rings. The first-order chi connectivity index (χ1) is 16.3. The normalized spacial score (nSPS) is 15.2. The number of ketones is 1. The van der Waals surface area contributed by atoms with E-state index in [0.29, 0.717) is 46.5 Å². The van der Waals surface area contributed by atoms with Crippen molar-refractivity contribution in [2.24, 2.45) is 5.41 Å². The Morgan fingerprint density at radius 2 is 1.91 bits per heavy atom. The largest absolute Gasteiger partial charge is 0.480 e. The second-order valence-electron chi connectivity index (χ2n) is 9.87. The number of aromatic nitrogens is 2. The number of halogens is 1. The van der Waals surface area contributed by atoms with Crippen LogP contribution in [0.5, 0.6) is 0 Å². The number of carbonyl (C=O) groups excluding carboxylic acids is 1. The van der Waals surface area contributed by atoms with Crippen LogP contribution in [0.25, 0.3) is 0 Å². The summed E-state index contributed by atoms with van der Waals surface area (Å²) in [4.78, 5) is 28.7. The van der Waals surface area contributed by atoms with E-state index < -0.39 is 21.6 Å². The van der Waals surface area contributed by atoms with Crippen molar-refractivity contribution in [3.05, 3.63) is 76.0 Å². The van der Waals surface area contributed by atoms with Gasteiger partial charge in [0, 0.05) is 36.0 Å². The SMILES string of the molecule is Cc1ccc(S(=O)(=O)c2ncccc2Cc2c3c(n(CC(=O)O)c2C)CC(C)(C)CC3=O)cc1F. The maximum atomic E-state index is 14.2. The first-order valence-corrected chi connectivity index (χ1v) is 12.7. The van der Waals surface area contributed by atoms with Crippen LogP contribution in [0.1, 0.15) is 58.7 Å². The molecule has 0 aliphatic heterocycles. The van der Waals surface area contributed by atoms with E-state index in [9.17, 15) is 27.5 Å². The molecule has 4 rings (SSSR count). The van der Waals surface area contributed by atoms with Gasteiger partial charge >= 0.3 is 5.97 Å². The highest BCUT2D eigenvalue weighted by molar-refractivity contribution is 7.91. The van der Waals surface area contributed by atoms with Crippen LogP contribution in [0.4, 0.5) is 4.39 Å². The van der Waals surface area contributed by atoms with Crippen LogP contribution in [-0.4, -0.2) is 34.8 Å². The number of aliphatic carboxylic acids is 1. The predicted molar refractivity (Wildman–Crippen MR) is 127 cm³/mol. The summed E-state index contributed by atoms with van der Waals surface area (Å²) in [6.45, 7) is 6.93. The first kappa shape index (κ1) is 24.8. The number of rotatable bonds is 6. The van der Waals surface area contributed by atoms with Crippen molar-refractivity contribution in [2.75, 3.05) is 0 Å². The Kier molecular flexibility index (Phi) is 6.17. The molecule has 0 saturated carbocycles. The first-order valence-electron chi connectivity index (χ1n) is 11.2. The molecule has 0 atom stereocenters. The quantitative estimate of drug-likeness (QED) is 0.543. The van der Waals surface area contributed by atoms with E-state index in [1.807, 2.05) is 13.8 Å². The van der Waals surface area contributed by atoms with Crippen LogP contribution in [-0.2, 0) is 34.0 Å². The average molecular weight is 499 g/mol. The molecule has 0 bridgehead atoms. The summed E-state index contributed by atoms with van der Waals surface area (Å²) < 4.78 is 42.6. The Balaban J connectivity index is 1.86. The molecule has 184 valence electrons. The lowest BCUT2D eigenvalue weighted by Crippen LogP contribution is -2.29. The Morgan fingerprint density at radius 3 is 2.57 bits per heavy atom. The molecule has 0 saturated heterocycles. The van der Waals surface area contributed by atoms with Gasteiger partial charge in [0.05, 0.1) is 4.90 Å². The molecule has 9 heteroatoms. The Bertz CT molecular complexity index is 1470. The molecule has 2 aromatic heterocycles. The van der Waals surface area contributed by atoms with Crippen molar-refractivity contribution in [2.45, 2.75) is 63.4 Å². The third-order valence-electron chi connectivity index (χ3n) is 6.54. The molecular formula is C26H27FN2O5S. The number of hydrogen-bond donors (Lipinski definition) is 1. The number of fused-ring (bicyclic) bond motifs is 1. The van der Waals surface area contributed by atoms with Gasteiger partial charge in [0.15, 0.2) is 10.8 Å². The Hall–Kier alpha value is -3.33. The maximum Gasteiger partial charge on any atom is 0.323 e.